The number of nitrogens with one attached hydrogen (secondary N) is 1. The molecule has 0 amide bonds. The van der Waals surface area contributed by atoms with Crippen LogP contribution in [0.15, 0.2) is 34.9 Å². The van der Waals surface area contributed by atoms with Crippen LogP contribution >= 0.6 is 0 Å². The third-order valence-corrected chi connectivity index (χ3v) is 8.81. The summed E-state index contributed by atoms with van der Waals surface area (Å²) < 4.78 is 0. The molecule has 150 valence electrons. The van der Waals surface area contributed by atoms with E-state index in [0.29, 0.717) is 22.8 Å². The third kappa shape index (κ3) is 3.27. The Morgan fingerprint density at radius 2 is 1.96 bits per heavy atom. The lowest BCUT2D eigenvalue weighted by molar-refractivity contribution is -0.0310. The van der Waals surface area contributed by atoms with Crippen molar-refractivity contribution in [3.05, 3.63) is 34.9 Å². The van der Waals surface area contributed by atoms with Crippen molar-refractivity contribution in [3.63, 3.8) is 0 Å². The summed E-state index contributed by atoms with van der Waals surface area (Å²) in [5, 5.41) is 3.87. The number of nitrogens with zero attached hydrogens (tertiary/aromatic N) is 1. The number of hydrogen-bond donors (Lipinski definition) is 1. The molecular formula is C25H40N2. The first-order chi connectivity index (χ1) is 12.9. The zero-order valence-electron chi connectivity index (χ0n) is 18.3. The summed E-state index contributed by atoms with van der Waals surface area (Å²) >= 11 is 0. The first-order valence-corrected chi connectivity index (χ1v) is 11.3. The molecule has 0 aromatic heterocycles. The van der Waals surface area contributed by atoms with Crippen molar-refractivity contribution >= 4 is 0 Å². The van der Waals surface area contributed by atoms with Crippen molar-refractivity contribution in [1.29, 1.82) is 0 Å². The first-order valence-electron chi connectivity index (χ1n) is 11.3. The summed E-state index contributed by atoms with van der Waals surface area (Å²) in [4.78, 5) is 2.62. The summed E-state index contributed by atoms with van der Waals surface area (Å²) in [6.07, 6.45) is 15.4. The SMILES string of the molecule is CC1=C\CC2CN(C)CCC3(C)C(C)NCCC23/C(C)=C(CC2CC2)/C=C\1. The molecule has 2 heteroatoms. The van der Waals surface area contributed by atoms with Gasteiger partial charge in [0.1, 0.15) is 0 Å². The van der Waals surface area contributed by atoms with Crippen LogP contribution in [-0.2, 0) is 0 Å². The van der Waals surface area contributed by atoms with Gasteiger partial charge in [0, 0.05) is 18.0 Å². The first kappa shape index (κ1) is 19.5. The molecule has 1 N–H and O–H groups in total. The maximum Gasteiger partial charge on any atom is 0.0102 e. The van der Waals surface area contributed by atoms with Gasteiger partial charge < -0.3 is 10.2 Å². The Bertz CT molecular complexity index is 668. The van der Waals surface area contributed by atoms with Gasteiger partial charge >= 0.3 is 0 Å². The van der Waals surface area contributed by atoms with Crippen LogP contribution in [0.1, 0.15) is 66.2 Å². The van der Waals surface area contributed by atoms with Crippen molar-refractivity contribution in [1.82, 2.24) is 10.2 Å². The summed E-state index contributed by atoms with van der Waals surface area (Å²) in [7, 11) is 2.35. The second-order valence-corrected chi connectivity index (χ2v) is 10.3. The lowest BCUT2D eigenvalue weighted by atomic mass is 9.48. The Morgan fingerprint density at radius 3 is 2.70 bits per heavy atom. The van der Waals surface area contributed by atoms with Crippen molar-refractivity contribution in [2.75, 3.05) is 26.7 Å². The Kier molecular flexibility index (Phi) is 5.18. The number of allylic oxidation sites excluding steroid dienone is 6. The summed E-state index contributed by atoms with van der Waals surface area (Å²) in [5.74, 6) is 1.65. The zero-order chi connectivity index (χ0) is 19.2. The number of likely N-dealkylation sites (tertiary alicyclic amines) is 1. The molecule has 0 radical (unpaired) electrons. The molecule has 4 rings (SSSR count). The van der Waals surface area contributed by atoms with E-state index in [4.69, 9.17) is 0 Å². The van der Waals surface area contributed by atoms with Crippen molar-refractivity contribution < 1.29 is 0 Å². The molecule has 1 saturated carbocycles. The minimum atomic E-state index is 0.318. The Balaban J connectivity index is 1.91. The second kappa shape index (κ2) is 7.19. The lowest BCUT2D eigenvalue weighted by Crippen LogP contribution is -2.61. The number of hydrogen-bond acceptors (Lipinski definition) is 2. The highest BCUT2D eigenvalue weighted by molar-refractivity contribution is 5.38. The summed E-state index contributed by atoms with van der Waals surface area (Å²) in [6.45, 7) is 13.5. The molecule has 4 unspecified atom stereocenters. The van der Waals surface area contributed by atoms with Gasteiger partial charge in [0.2, 0.25) is 0 Å². The van der Waals surface area contributed by atoms with Gasteiger partial charge in [-0.25, -0.2) is 0 Å². The van der Waals surface area contributed by atoms with Gasteiger partial charge in [-0.15, -0.1) is 0 Å². The monoisotopic (exact) mass is 368 g/mol. The van der Waals surface area contributed by atoms with Crippen LogP contribution in [-0.4, -0.2) is 37.6 Å². The van der Waals surface area contributed by atoms with Crippen LogP contribution in [0.2, 0.25) is 0 Å². The van der Waals surface area contributed by atoms with E-state index in [2.05, 4.69) is 63.2 Å². The number of piperidine rings is 1. The Hall–Kier alpha value is -0.860. The molecule has 2 saturated heterocycles. The van der Waals surface area contributed by atoms with Crippen LogP contribution in [0.25, 0.3) is 0 Å². The molecule has 3 fully saturated rings. The highest BCUT2D eigenvalue weighted by Gasteiger charge is 2.58. The average Bonchev–Trinajstić information content (AvgIpc) is 3.46. The molecule has 2 nitrogen and oxygen atoms in total. The predicted octanol–water partition coefficient (Wildman–Crippen LogP) is 5.34. The molecule has 27 heavy (non-hydrogen) atoms. The molecule has 0 aromatic carbocycles. The lowest BCUT2D eigenvalue weighted by Gasteiger charge is -2.59. The molecule has 2 heterocycles. The molecule has 2 aliphatic carbocycles. The molecule has 0 aromatic rings. The van der Waals surface area contributed by atoms with Gasteiger partial charge in [0.05, 0.1) is 0 Å². The van der Waals surface area contributed by atoms with E-state index in [1.165, 1.54) is 57.2 Å². The molecule has 1 spiro atoms. The van der Waals surface area contributed by atoms with Crippen LogP contribution in [0.3, 0.4) is 0 Å². The molecule has 4 aliphatic rings. The van der Waals surface area contributed by atoms with Gasteiger partial charge in [-0.2, -0.15) is 0 Å². The maximum absolute atomic E-state index is 3.87. The second-order valence-electron chi connectivity index (χ2n) is 10.3. The van der Waals surface area contributed by atoms with Gasteiger partial charge in [-0.3, -0.25) is 0 Å². The van der Waals surface area contributed by atoms with Crippen molar-refractivity contribution in [2.24, 2.45) is 22.7 Å². The summed E-state index contributed by atoms with van der Waals surface area (Å²) in [5.41, 5.74) is 5.49. The molecule has 0 bridgehead atoms. The van der Waals surface area contributed by atoms with Gasteiger partial charge in [0.15, 0.2) is 0 Å². The van der Waals surface area contributed by atoms with Crippen LogP contribution in [0.5, 0.6) is 0 Å². The van der Waals surface area contributed by atoms with Crippen LogP contribution in [0, 0.1) is 22.7 Å². The quantitative estimate of drug-likeness (QED) is 0.708. The van der Waals surface area contributed by atoms with E-state index < -0.39 is 0 Å². The van der Waals surface area contributed by atoms with E-state index in [9.17, 15) is 0 Å². The molecular weight excluding hydrogens is 328 g/mol. The van der Waals surface area contributed by atoms with Crippen LogP contribution < -0.4 is 5.32 Å². The Morgan fingerprint density at radius 1 is 1.19 bits per heavy atom. The normalized spacial score (nSPS) is 46.8. The topological polar surface area (TPSA) is 15.3 Å². The third-order valence-electron chi connectivity index (χ3n) is 8.81. The minimum absolute atomic E-state index is 0.318. The fourth-order valence-electron chi connectivity index (χ4n) is 6.63. The predicted molar refractivity (Wildman–Crippen MR) is 116 cm³/mol. The molecule has 2 aliphatic heterocycles. The van der Waals surface area contributed by atoms with Crippen molar-refractivity contribution in [3.8, 4) is 0 Å². The van der Waals surface area contributed by atoms with E-state index >= 15 is 0 Å². The zero-order valence-corrected chi connectivity index (χ0v) is 18.3. The highest BCUT2D eigenvalue weighted by atomic mass is 15.1. The summed E-state index contributed by atoms with van der Waals surface area (Å²) in [6, 6.07) is 0.576. The van der Waals surface area contributed by atoms with E-state index in [1.807, 2.05) is 0 Å². The minimum Gasteiger partial charge on any atom is -0.314 e. The van der Waals surface area contributed by atoms with Gasteiger partial charge in [-0.1, -0.05) is 36.3 Å². The van der Waals surface area contributed by atoms with Gasteiger partial charge in [0.25, 0.3) is 0 Å². The van der Waals surface area contributed by atoms with E-state index in [1.54, 1.807) is 11.1 Å². The van der Waals surface area contributed by atoms with Crippen molar-refractivity contribution in [2.45, 2.75) is 72.3 Å². The van der Waals surface area contributed by atoms with Gasteiger partial charge in [-0.05, 0) is 102 Å². The van der Waals surface area contributed by atoms with Crippen LogP contribution in [0.4, 0.5) is 0 Å². The largest absolute Gasteiger partial charge is 0.314 e. The Labute approximate surface area is 167 Å². The fraction of sp³-hybridized carbons (Fsp3) is 0.760. The standard InChI is InChI=1S/C25H40N2/c1-18-6-10-22(16-21-8-9-21)19(2)25-12-14-26-20(3)24(25,4)13-15-27(5)17-23(25)11-7-18/h6-7,10,20-21,23,26H,8-9,11-17H2,1-5H3/b10-6-,18-7+,22-19-. The number of rotatable bonds is 2. The highest BCUT2D eigenvalue weighted by Crippen LogP contribution is 2.61. The average molecular weight is 369 g/mol. The fourth-order valence-corrected chi connectivity index (χ4v) is 6.63. The smallest absolute Gasteiger partial charge is 0.0102 e. The maximum atomic E-state index is 3.87. The van der Waals surface area contributed by atoms with E-state index in [-0.39, 0.29) is 0 Å². The molecule has 4 atom stereocenters. The van der Waals surface area contributed by atoms with E-state index in [0.717, 1.165) is 12.5 Å².